The Bertz CT molecular complexity index is 383. The zero-order valence-corrected chi connectivity index (χ0v) is 9.19. The number of benzene rings is 1. The maximum atomic E-state index is 12.1. The van der Waals surface area contributed by atoms with Gasteiger partial charge in [0.15, 0.2) is 0 Å². The number of halogens is 2. The average molecular weight is 245 g/mol. The van der Waals surface area contributed by atoms with Crippen LogP contribution >= 0.6 is 0 Å². The summed E-state index contributed by atoms with van der Waals surface area (Å²) in [4.78, 5) is 11.1. The minimum absolute atomic E-state index is 0.00777. The van der Waals surface area contributed by atoms with E-state index in [1.807, 2.05) is 0 Å². The van der Waals surface area contributed by atoms with Gasteiger partial charge in [-0.1, -0.05) is 18.2 Å². The molecule has 0 radical (unpaired) electrons. The normalized spacial score (nSPS) is 12.3. The number of aliphatic hydroxyl groups excluding tert-OH is 1. The topological polar surface area (TPSA) is 58.6 Å². The molecule has 0 fully saturated rings. The molecular formula is C11H13F2NO3. The average Bonchev–Trinajstić information content (AvgIpc) is 2.26. The van der Waals surface area contributed by atoms with Crippen LogP contribution in [0.3, 0.4) is 0 Å². The van der Waals surface area contributed by atoms with E-state index in [2.05, 4.69) is 10.1 Å². The molecule has 0 aliphatic carbocycles. The standard InChI is InChI=1S/C11H13F2NO3/c1-7(15)10(16)14-6-8-4-2-3-5-9(8)17-11(12)13/h2-5,7,11,15H,6H2,1H3,(H,14,16). The summed E-state index contributed by atoms with van der Waals surface area (Å²) >= 11 is 0. The maximum Gasteiger partial charge on any atom is 0.387 e. The van der Waals surface area contributed by atoms with Crippen LogP contribution in [0, 0.1) is 0 Å². The van der Waals surface area contributed by atoms with Crippen molar-refractivity contribution >= 4 is 5.91 Å². The quantitative estimate of drug-likeness (QED) is 0.821. The second kappa shape index (κ2) is 6.15. The monoisotopic (exact) mass is 245 g/mol. The fraction of sp³-hybridized carbons (Fsp3) is 0.364. The first-order valence-electron chi connectivity index (χ1n) is 4.99. The molecule has 4 nitrogen and oxygen atoms in total. The number of hydrogen-bond donors (Lipinski definition) is 2. The first-order valence-corrected chi connectivity index (χ1v) is 4.99. The van der Waals surface area contributed by atoms with Crippen molar-refractivity contribution in [3.63, 3.8) is 0 Å². The van der Waals surface area contributed by atoms with Gasteiger partial charge < -0.3 is 15.2 Å². The Morgan fingerprint density at radius 1 is 1.47 bits per heavy atom. The van der Waals surface area contributed by atoms with E-state index >= 15 is 0 Å². The molecule has 0 spiro atoms. The van der Waals surface area contributed by atoms with Crippen LogP contribution in [0.2, 0.25) is 0 Å². The van der Waals surface area contributed by atoms with Gasteiger partial charge in [-0.25, -0.2) is 0 Å². The third-order valence-electron chi connectivity index (χ3n) is 2.02. The van der Waals surface area contributed by atoms with Gasteiger partial charge in [0, 0.05) is 12.1 Å². The van der Waals surface area contributed by atoms with Crippen LogP contribution in [-0.4, -0.2) is 23.7 Å². The number of amides is 1. The molecule has 1 aromatic carbocycles. The smallest absolute Gasteiger partial charge is 0.387 e. The van der Waals surface area contributed by atoms with Crippen molar-refractivity contribution in [2.24, 2.45) is 0 Å². The largest absolute Gasteiger partial charge is 0.434 e. The lowest BCUT2D eigenvalue weighted by Crippen LogP contribution is -2.32. The van der Waals surface area contributed by atoms with Crippen molar-refractivity contribution in [2.75, 3.05) is 0 Å². The second-order valence-electron chi connectivity index (χ2n) is 3.38. The molecule has 0 bridgehead atoms. The molecule has 0 saturated heterocycles. The number of nitrogens with one attached hydrogen (secondary N) is 1. The Labute approximate surface area is 97.2 Å². The SMILES string of the molecule is CC(O)C(=O)NCc1ccccc1OC(F)F. The van der Waals surface area contributed by atoms with Gasteiger partial charge in [0.05, 0.1) is 0 Å². The molecule has 1 unspecified atom stereocenters. The first-order chi connectivity index (χ1) is 8.00. The molecule has 1 atom stereocenters. The summed E-state index contributed by atoms with van der Waals surface area (Å²) in [5, 5.41) is 11.3. The van der Waals surface area contributed by atoms with Crippen LogP contribution in [-0.2, 0) is 11.3 Å². The van der Waals surface area contributed by atoms with Gasteiger partial charge in [-0.3, -0.25) is 4.79 Å². The Hall–Kier alpha value is -1.69. The van der Waals surface area contributed by atoms with Crippen LogP contribution in [0.25, 0.3) is 0 Å². The molecule has 94 valence electrons. The molecule has 0 saturated carbocycles. The lowest BCUT2D eigenvalue weighted by molar-refractivity contribution is -0.128. The minimum atomic E-state index is -2.91. The third-order valence-corrected chi connectivity index (χ3v) is 2.02. The number of ether oxygens (including phenoxy) is 1. The molecule has 1 amide bonds. The van der Waals surface area contributed by atoms with Gasteiger partial charge in [0.2, 0.25) is 5.91 Å². The maximum absolute atomic E-state index is 12.1. The van der Waals surface area contributed by atoms with Gasteiger partial charge in [-0.05, 0) is 13.0 Å². The number of carbonyl (C=O) groups excluding carboxylic acids is 1. The highest BCUT2D eigenvalue weighted by Gasteiger charge is 2.11. The van der Waals surface area contributed by atoms with Crippen LogP contribution in [0.15, 0.2) is 24.3 Å². The number of rotatable bonds is 5. The molecule has 1 rings (SSSR count). The lowest BCUT2D eigenvalue weighted by Gasteiger charge is -2.12. The highest BCUT2D eigenvalue weighted by Crippen LogP contribution is 2.19. The van der Waals surface area contributed by atoms with Crippen LogP contribution in [0.4, 0.5) is 8.78 Å². The zero-order chi connectivity index (χ0) is 12.8. The van der Waals surface area contributed by atoms with Crippen molar-refractivity contribution < 1.29 is 23.4 Å². The van der Waals surface area contributed by atoms with Crippen molar-refractivity contribution in [3.05, 3.63) is 29.8 Å². The van der Waals surface area contributed by atoms with Crippen molar-refractivity contribution in [1.82, 2.24) is 5.32 Å². The molecule has 0 aliphatic rings. The van der Waals surface area contributed by atoms with Gasteiger partial charge >= 0.3 is 6.61 Å². The molecular weight excluding hydrogens is 232 g/mol. The van der Waals surface area contributed by atoms with Gasteiger partial charge in [0.1, 0.15) is 11.9 Å². The van der Waals surface area contributed by atoms with Gasteiger partial charge in [0.25, 0.3) is 0 Å². The Balaban J connectivity index is 2.67. The molecule has 1 aromatic rings. The summed E-state index contributed by atoms with van der Waals surface area (Å²) in [5.74, 6) is -0.565. The molecule has 0 aliphatic heterocycles. The summed E-state index contributed by atoms with van der Waals surface area (Å²) in [5.41, 5.74) is 0.418. The molecule has 0 aromatic heterocycles. The van der Waals surface area contributed by atoms with E-state index in [1.165, 1.54) is 13.0 Å². The summed E-state index contributed by atoms with van der Waals surface area (Å²) in [6, 6.07) is 6.13. The number of para-hydroxylation sites is 1. The second-order valence-corrected chi connectivity index (χ2v) is 3.38. The zero-order valence-electron chi connectivity index (χ0n) is 9.19. The van der Waals surface area contributed by atoms with Crippen molar-refractivity contribution in [2.45, 2.75) is 26.2 Å². The number of alkyl halides is 2. The molecule has 6 heteroatoms. The van der Waals surface area contributed by atoms with Crippen molar-refractivity contribution in [1.29, 1.82) is 0 Å². The van der Waals surface area contributed by atoms with E-state index < -0.39 is 18.6 Å². The summed E-state index contributed by atoms with van der Waals surface area (Å²) in [6.07, 6.45) is -1.14. The van der Waals surface area contributed by atoms with Gasteiger partial charge in [-0.15, -0.1) is 0 Å². The van der Waals surface area contributed by atoms with Crippen molar-refractivity contribution in [3.8, 4) is 5.75 Å². The highest BCUT2D eigenvalue weighted by atomic mass is 19.3. The first kappa shape index (κ1) is 13.4. The summed E-state index contributed by atoms with van der Waals surface area (Å²) < 4.78 is 28.4. The van der Waals surface area contributed by atoms with E-state index in [9.17, 15) is 13.6 Å². The Kier molecular flexibility index (Phi) is 4.84. The Morgan fingerprint density at radius 2 is 2.12 bits per heavy atom. The van der Waals surface area contributed by atoms with E-state index in [0.29, 0.717) is 5.56 Å². The van der Waals surface area contributed by atoms with E-state index in [4.69, 9.17) is 5.11 Å². The number of carbonyl (C=O) groups is 1. The third kappa shape index (κ3) is 4.36. The summed E-state index contributed by atoms with van der Waals surface area (Å²) in [7, 11) is 0. The lowest BCUT2D eigenvalue weighted by atomic mass is 10.2. The molecule has 0 heterocycles. The molecule has 2 N–H and O–H groups in total. The van der Waals surface area contributed by atoms with Crippen LogP contribution in [0.1, 0.15) is 12.5 Å². The van der Waals surface area contributed by atoms with Crippen LogP contribution < -0.4 is 10.1 Å². The highest BCUT2D eigenvalue weighted by molar-refractivity contribution is 5.79. The fourth-order valence-corrected chi connectivity index (χ4v) is 1.19. The summed E-state index contributed by atoms with van der Waals surface area (Å²) in [6.45, 7) is -1.58. The predicted octanol–water partition coefficient (Wildman–Crippen LogP) is 1.28. The number of aliphatic hydroxyl groups is 1. The van der Waals surface area contributed by atoms with E-state index in [1.54, 1.807) is 18.2 Å². The van der Waals surface area contributed by atoms with Gasteiger partial charge in [-0.2, -0.15) is 8.78 Å². The fourth-order valence-electron chi connectivity index (χ4n) is 1.19. The van der Waals surface area contributed by atoms with E-state index in [-0.39, 0.29) is 12.3 Å². The van der Waals surface area contributed by atoms with Crippen LogP contribution in [0.5, 0.6) is 5.75 Å². The predicted molar refractivity (Wildman–Crippen MR) is 56.6 cm³/mol. The Morgan fingerprint density at radius 3 is 2.71 bits per heavy atom. The van der Waals surface area contributed by atoms with E-state index in [0.717, 1.165) is 0 Å². The number of hydrogen-bond acceptors (Lipinski definition) is 3. The molecule has 17 heavy (non-hydrogen) atoms. The minimum Gasteiger partial charge on any atom is -0.434 e.